The normalized spacial score (nSPS) is 19.1. The van der Waals surface area contributed by atoms with Crippen LogP contribution in [0.1, 0.15) is 12.5 Å². The van der Waals surface area contributed by atoms with Gasteiger partial charge in [0.25, 0.3) is 0 Å². The van der Waals surface area contributed by atoms with E-state index in [0.29, 0.717) is 26.2 Å². The van der Waals surface area contributed by atoms with E-state index in [-0.39, 0.29) is 12.1 Å². The van der Waals surface area contributed by atoms with Crippen LogP contribution in [0.5, 0.6) is 5.75 Å². The molecule has 19 heavy (non-hydrogen) atoms. The van der Waals surface area contributed by atoms with E-state index in [2.05, 4.69) is 5.32 Å². The zero-order valence-electron chi connectivity index (χ0n) is 11.4. The highest BCUT2D eigenvalue weighted by molar-refractivity contribution is 5.74. The number of ether oxygens (including phenoxy) is 2. The van der Waals surface area contributed by atoms with Crippen LogP contribution in [-0.2, 0) is 11.3 Å². The average Bonchev–Trinajstić information content (AvgIpc) is 2.45. The van der Waals surface area contributed by atoms with Crippen molar-refractivity contribution in [1.29, 1.82) is 0 Å². The molecule has 2 amide bonds. The second-order valence-electron chi connectivity index (χ2n) is 4.64. The van der Waals surface area contributed by atoms with Crippen LogP contribution < -0.4 is 10.1 Å². The molecule has 1 N–H and O–H groups in total. The van der Waals surface area contributed by atoms with Crippen LogP contribution >= 0.6 is 0 Å². The summed E-state index contributed by atoms with van der Waals surface area (Å²) >= 11 is 0. The molecule has 1 saturated heterocycles. The lowest BCUT2D eigenvalue weighted by atomic mass is 10.2. The molecule has 1 aliphatic heterocycles. The van der Waals surface area contributed by atoms with Crippen molar-refractivity contribution >= 4 is 6.03 Å². The molecule has 5 heteroatoms. The van der Waals surface area contributed by atoms with Gasteiger partial charge in [-0.2, -0.15) is 0 Å². The quantitative estimate of drug-likeness (QED) is 0.902. The zero-order valence-corrected chi connectivity index (χ0v) is 11.4. The third-order valence-corrected chi connectivity index (χ3v) is 3.11. The van der Waals surface area contributed by atoms with Crippen LogP contribution in [0.15, 0.2) is 24.3 Å². The minimum absolute atomic E-state index is 0.0435. The SMILES string of the molecule is COc1cccc(CNC(=O)N2CCOC(C)C2)c1. The topological polar surface area (TPSA) is 50.8 Å². The highest BCUT2D eigenvalue weighted by Gasteiger charge is 2.20. The molecule has 0 spiro atoms. The molecule has 0 aliphatic carbocycles. The molecular weight excluding hydrogens is 244 g/mol. The standard InChI is InChI=1S/C14H20N2O3/c1-11-10-16(6-7-19-11)14(17)15-9-12-4-3-5-13(8-12)18-2/h3-5,8,11H,6-7,9-10H2,1-2H3,(H,15,17). The van der Waals surface area contributed by atoms with Crippen molar-refractivity contribution in [2.45, 2.75) is 19.6 Å². The van der Waals surface area contributed by atoms with Crippen LogP contribution in [0.25, 0.3) is 0 Å². The molecule has 5 nitrogen and oxygen atoms in total. The van der Waals surface area contributed by atoms with E-state index in [1.165, 1.54) is 0 Å². The van der Waals surface area contributed by atoms with E-state index >= 15 is 0 Å². The van der Waals surface area contributed by atoms with Gasteiger partial charge in [0.2, 0.25) is 0 Å². The zero-order chi connectivity index (χ0) is 13.7. The molecule has 1 heterocycles. The van der Waals surface area contributed by atoms with Crippen LogP contribution in [-0.4, -0.2) is 43.8 Å². The lowest BCUT2D eigenvalue weighted by Crippen LogP contribution is -2.48. The van der Waals surface area contributed by atoms with Gasteiger partial charge in [-0.3, -0.25) is 0 Å². The fraction of sp³-hybridized carbons (Fsp3) is 0.500. The summed E-state index contributed by atoms with van der Waals surface area (Å²) in [7, 11) is 1.63. The Morgan fingerprint density at radius 2 is 2.42 bits per heavy atom. The summed E-state index contributed by atoms with van der Waals surface area (Å²) in [5.74, 6) is 0.798. The average molecular weight is 264 g/mol. The molecule has 104 valence electrons. The van der Waals surface area contributed by atoms with Crippen molar-refractivity contribution in [3.8, 4) is 5.75 Å². The molecule has 0 aromatic heterocycles. The molecule has 2 rings (SSSR count). The Morgan fingerprint density at radius 3 is 3.16 bits per heavy atom. The summed E-state index contributed by atoms with van der Waals surface area (Å²) in [6.45, 7) is 4.37. The van der Waals surface area contributed by atoms with Gasteiger partial charge in [0.05, 0.1) is 19.8 Å². The fourth-order valence-corrected chi connectivity index (χ4v) is 2.07. The predicted octanol–water partition coefficient (Wildman–Crippen LogP) is 1.63. The van der Waals surface area contributed by atoms with Gasteiger partial charge in [-0.25, -0.2) is 4.79 Å². The van der Waals surface area contributed by atoms with E-state index < -0.39 is 0 Å². The third kappa shape index (κ3) is 3.86. The Hall–Kier alpha value is -1.75. The second kappa shape index (κ2) is 6.43. The molecule has 1 aliphatic rings. The molecular formula is C14H20N2O3. The Kier molecular flexibility index (Phi) is 4.63. The lowest BCUT2D eigenvalue weighted by Gasteiger charge is -2.31. The van der Waals surface area contributed by atoms with E-state index in [0.717, 1.165) is 11.3 Å². The maximum Gasteiger partial charge on any atom is 0.317 e. The first-order valence-electron chi connectivity index (χ1n) is 6.46. The van der Waals surface area contributed by atoms with Crippen molar-refractivity contribution in [3.63, 3.8) is 0 Å². The van der Waals surface area contributed by atoms with E-state index in [4.69, 9.17) is 9.47 Å². The number of hydrogen-bond acceptors (Lipinski definition) is 3. The maximum absolute atomic E-state index is 12.0. The largest absolute Gasteiger partial charge is 0.497 e. The molecule has 1 aromatic rings. The first-order valence-corrected chi connectivity index (χ1v) is 6.46. The molecule has 1 aromatic carbocycles. The fourth-order valence-electron chi connectivity index (χ4n) is 2.07. The molecule has 0 bridgehead atoms. The first kappa shape index (κ1) is 13.7. The highest BCUT2D eigenvalue weighted by atomic mass is 16.5. The number of morpholine rings is 1. The summed E-state index contributed by atoms with van der Waals surface area (Å²) in [5, 5.41) is 2.92. The van der Waals surface area contributed by atoms with Crippen molar-refractivity contribution in [3.05, 3.63) is 29.8 Å². The van der Waals surface area contributed by atoms with Gasteiger partial charge in [-0.05, 0) is 24.6 Å². The van der Waals surface area contributed by atoms with Crippen LogP contribution in [0, 0.1) is 0 Å². The third-order valence-electron chi connectivity index (χ3n) is 3.11. The summed E-state index contributed by atoms with van der Waals surface area (Å²) < 4.78 is 10.6. The van der Waals surface area contributed by atoms with Crippen molar-refractivity contribution < 1.29 is 14.3 Å². The number of amides is 2. The Balaban J connectivity index is 1.85. The van der Waals surface area contributed by atoms with Crippen molar-refractivity contribution in [2.75, 3.05) is 26.8 Å². The summed E-state index contributed by atoms with van der Waals surface area (Å²) in [6.07, 6.45) is 0.108. The molecule has 0 saturated carbocycles. The second-order valence-corrected chi connectivity index (χ2v) is 4.64. The number of urea groups is 1. The van der Waals surface area contributed by atoms with E-state index in [9.17, 15) is 4.79 Å². The predicted molar refractivity (Wildman–Crippen MR) is 72.2 cm³/mol. The molecule has 0 radical (unpaired) electrons. The summed E-state index contributed by atoms with van der Waals surface area (Å²) in [6, 6.07) is 7.64. The van der Waals surface area contributed by atoms with Crippen LogP contribution in [0.2, 0.25) is 0 Å². The Bertz CT molecular complexity index is 436. The van der Waals surface area contributed by atoms with Gasteiger partial charge in [0.15, 0.2) is 0 Å². The minimum Gasteiger partial charge on any atom is -0.497 e. The van der Waals surface area contributed by atoms with Gasteiger partial charge in [-0.15, -0.1) is 0 Å². The monoisotopic (exact) mass is 264 g/mol. The number of nitrogens with one attached hydrogen (secondary N) is 1. The minimum atomic E-state index is -0.0435. The Morgan fingerprint density at radius 1 is 1.58 bits per heavy atom. The van der Waals surface area contributed by atoms with E-state index in [1.54, 1.807) is 12.0 Å². The highest BCUT2D eigenvalue weighted by Crippen LogP contribution is 2.12. The number of rotatable bonds is 3. The van der Waals surface area contributed by atoms with Gasteiger partial charge < -0.3 is 19.7 Å². The van der Waals surface area contributed by atoms with Gasteiger partial charge in [-0.1, -0.05) is 12.1 Å². The molecule has 1 fully saturated rings. The molecule has 1 atom stereocenters. The number of benzene rings is 1. The Labute approximate surface area is 113 Å². The van der Waals surface area contributed by atoms with Gasteiger partial charge in [0.1, 0.15) is 5.75 Å². The lowest BCUT2D eigenvalue weighted by molar-refractivity contribution is -0.00351. The smallest absolute Gasteiger partial charge is 0.317 e. The number of carbonyl (C=O) groups excluding carboxylic acids is 1. The van der Waals surface area contributed by atoms with E-state index in [1.807, 2.05) is 31.2 Å². The summed E-state index contributed by atoms with van der Waals surface area (Å²) in [5.41, 5.74) is 1.02. The number of methoxy groups -OCH3 is 1. The van der Waals surface area contributed by atoms with Crippen LogP contribution in [0.4, 0.5) is 4.79 Å². The number of nitrogens with zero attached hydrogens (tertiary/aromatic N) is 1. The van der Waals surface area contributed by atoms with Crippen molar-refractivity contribution in [2.24, 2.45) is 0 Å². The molecule has 1 unspecified atom stereocenters. The summed E-state index contributed by atoms with van der Waals surface area (Å²) in [4.78, 5) is 13.8. The number of hydrogen-bond donors (Lipinski definition) is 1. The first-order chi connectivity index (χ1) is 9.19. The van der Waals surface area contributed by atoms with Crippen molar-refractivity contribution in [1.82, 2.24) is 10.2 Å². The van der Waals surface area contributed by atoms with Gasteiger partial charge in [0, 0.05) is 19.6 Å². The van der Waals surface area contributed by atoms with Crippen LogP contribution in [0.3, 0.4) is 0 Å². The number of carbonyl (C=O) groups is 1. The maximum atomic E-state index is 12.0. The van der Waals surface area contributed by atoms with Gasteiger partial charge >= 0.3 is 6.03 Å².